The molecule has 8 nitrogen and oxygen atoms in total. The lowest BCUT2D eigenvalue weighted by Crippen LogP contribution is -2.50. The van der Waals surface area contributed by atoms with E-state index < -0.39 is 21.5 Å². The maximum absolute atomic E-state index is 11.4. The summed E-state index contributed by atoms with van der Waals surface area (Å²) in [6.07, 6.45) is 5.88. The molecule has 1 fully saturated rings. The van der Waals surface area contributed by atoms with Gasteiger partial charge in [-0.2, -0.15) is 5.10 Å². The number of fused-ring (bicyclic) bond motifs is 2. The van der Waals surface area contributed by atoms with E-state index in [-0.39, 0.29) is 18.4 Å². The Bertz CT molecular complexity index is 1100. The Morgan fingerprint density at radius 3 is 2.91 bits per heavy atom. The van der Waals surface area contributed by atoms with Crippen LogP contribution < -0.4 is 0 Å². The number of thiophene rings is 1. The lowest BCUT2D eigenvalue weighted by Gasteiger charge is -2.47. The Hall–Kier alpha value is -1.17. The third-order valence-electron chi connectivity index (χ3n) is 6.13. The lowest BCUT2D eigenvalue weighted by molar-refractivity contribution is -0.160. The molecule has 2 aromatic heterocycles. The van der Waals surface area contributed by atoms with E-state index in [1.807, 2.05) is 6.20 Å². The van der Waals surface area contributed by atoms with Crippen molar-refractivity contribution in [1.29, 1.82) is 0 Å². The van der Waals surface area contributed by atoms with Crippen LogP contribution in [0.1, 0.15) is 41.9 Å². The number of aromatic nitrogens is 2. The van der Waals surface area contributed by atoms with Crippen LogP contribution in [0.3, 0.4) is 0 Å². The van der Waals surface area contributed by atoms with Crippen molar-refractivity contribution in [3.63, 3.8) is 0 Å². The summed E-state index contributed by atoms with van der Waals surface area (Å²) in [6, 6.07) is 0.208. The van der Waals surface area contributed by atoms with Crippen molar-refractivity contribution in [1.82, 2.24) is 14.7 Å². The van der Waals surface area contributed by atoms with Crippen LogP contribution in [0.2, 0.25) is 9.36 Å². The molecule has 32 heavy (non-hydrogen) atoms. The largest absolute Gasteiger partial charge is 0.457 e. The van der Waals surface area contributed by atoms with Crippen molar-refractivity contribution in [3.8, 4) is 0 Å². The number of halogens is 2. The van der Waals surface area contributed by atoms with Crippen molar-refractivity contribution in [2.75, 3.05) is 25.2 Å². The number of hydrogen-bond acceptors (Lipinski definition) is 8. The van der Waals surface area contributed by atoms with Crippen molar-refractivity contribution < 1.29 is 22.7 Å². The summed E-state index contributed by atoms with van der Waals surface area (Å²) in [4.78, 5) is 14.2. The molecule has 0 aliphatic carbocycles. The Labute approximate surface area is 201 Å². The number of nitrogens with zero attached hydrogens (tertiary/aromatic N) is 3. The van der Waals surface area contributed by atoms with E-state index in [0.717, 1.165) is 35.4 Å². The van der Waals surface area contributed by atoms with Crippen molar-refractivity contribution in [2.45, 2.75) is 50.6 Å². The first kappa shape index (κ1) is 24.0. The summed E-state index contributed by atoms with van der Waals surface area (Å²) < 4.78 is 36.4. The summed E-state index contributed by atoms with van der Waals surface area (Å²) in [6.45, 7) is 4.67. The van der Waals surface area contributed by atoms with Gasteiger partial charge in [0.05, 0.1) is 30.1 Å². The quantitative estimate of drug-likeness (QED) is 0.515. The van der Waals surface area contributed by atoms with Gasteiger partial charge in [0.2, 0.25) is 0 Å². The van der Waals surface area contributed by atoms with Crippen LogP contribution in [0, 0.1) is 0 Å². The summed E-state index contributed by atoms with van der Waals surface area (Å²) in [5, 5.41) is 4.73. The molecule has 0 saturated carbocycles. The molecular weight excluding hydrogens is 497 g/mol. The van der Waals surface area contributed by atoms with Crippen LogP contribution >= 0.6 is 34.5 Å². The smallest absolute Gasteiger partial charge is 0.293 e. The minimum Gasteiger partial charge on any atom is -0.457 e. The lowest BCUT2D eigenvalue weighted by atomic mass is 9.81. The topological polar surface area (TPSA) is 90.7 Å². The van der Waals surface area contributed by atoms with Gasteiger partial charge in [-0.15, -0.1) is 11.3 Å². The highest BCUT2D eigenvalue weighted by atomic mass is 35.5. The summed E-state index contributed by atoms with van der Waals surface area (Å²) >= 11 is 14.2. The first-order valence-corrected chi connectivity index (χ1v) is 13.9. The van der Waals surface area contributed by atoms with E-state index in [0.29, 0.717) is 28.9 Å². The minimum absolute atomic E-state index is 0.0666. The van der Waals surface area contributed by atoms with Crippen molar-refractivity contribution >= 4 is 50.8 Å². The number of piperidine rings is 1. The number of sulfone groups is 1. The van der Waals surface area contributed by atoms with Gasteiger partial charge in [-0.1, -0.05) is 23.2 Å². The number of rotatable bonds is 7. The number of likely N-dealkylation sites (tertiary alicyclic amines) is 1. The zero-order chi connectivity index (χ0) is 23.1. The van der Waals surface area contributed by atoms with Crippen molar-refractivity contribution in [2.24, 2.45) is 0 Å². The molecule has 4 rings (SSSR count). The average molecular weight is 522 g/mol. The van der Waals surface area contributed by atoms with Gasteiger partial charge in [0.25, 0.3) is 6.47 Å². The van der Waals surface area contributed by atoms with Gasteiger partial charge in [0.1, 0.15) is 19.8 Å². The third-order valence-corrected chi connectivity index (χ3v) is 9.25. The van der Waals surface area contributed by atoms with E-state index in [1.165, 1.54) is 17.6 Å². The molecule has 1 saturated heterocycles. The zero-order valence-electron chi connectivity index (χ0n) is 17.8. The molecule has 2 aromatic rings. The monoisotopic (exact) mass is 521 g/mol. The average Bonchev–Trinajstić information content (AvgIpc) is 3.30. The molecule has 12 heteroatoms. The third kappa shape index (κ3) is 4.85. The van der Waals surface area contributed by atoms with E-state index in [4.69, 9.17) is 32.7 Å². The fraction of sp³-hybridized carbons (Fsp3) is 0.600. The van der Waals surface area contributed by atoms with Crippen LogP contribution in [-0.4, -0.2) is 60.8 Å². The Morgan fingerprint density at radius 1 is 1.44 bits per heavy atom. The second-order valence-corrected chi connectivity index (χ2v) is 12.7. The molecular formula is C20H25Cl2N3O5S2. The van der Waals surface area contributed by atoms with E-state index in [1.54, 1.807) is 10.9 Å². The fourth-order valence-corrected chi connectivity index (χ4v) is 6.90. The summed E-state index contributed by atoms with van der Waals surface area (Å²) in [7, 11) is -3.03. The SMILES string of the molecule is C[C@H]1C[C@@]2(CCN1Cc1cnn(CCS(C)(=O)=O)c1)OCC(OC=O)c1c2sc(Cl)c1Cl. The van der Waals surface area contributed by atoms with Gasteiger partial charge in [0.15, 0.2) is 6.10 Å². The number of carbonyl (C=O) groups excluding carboxylic acids is 1. The van der Waals surface area contributed by atoms with Crippen LogP contribution in [0.25, 0.3) is 0 Å². The van der Waals surface area contributed by atoms with Gasteiger partial charge < -0.3 is 9.47 Å². The van der Waals surface area contributed by atoms with Gasteiger partial charge in [0, 0.05) is 47.6 Å². The number of aryl methyl sites for hydroxylation is 1. The van der Waals surface area contributed by atoms with Gasteiger partial charge in [-0.05, 0) is 19.8 Å². The standard InChI is InChI=1S/C20H25Cl2N3O5S2/c1-13-7-20(18-16(17(21)19(22)31-18)15(11-30-20)29-12-26)3-4-24(13)9-14-8-23-25(10-14)5-6-32(2,27)28/h8,10,12-13,15H,3-7,9,11H2,1-2H3/t13-,15?,20+/m0/s1. The van der Waals surface area contributed by atoms with E-state index in [9.17, 15) is 13.2 Å². The normalized spacial score (nSPS) is 26.2. The Balaban J connectivity index is 1.47. The highest BCUT2D eigenvalue weighted by Gasteiger charge is 2.48. The maximum Gasteiger partial charge on any atom is 0.293 e. The summed E-state index contributed by atoms with van der Waals surface area (Å²) in [5.74, 6) is 0.0666. The summed E-state index contributed by atoms with van der Waals surface area (Å²) in [5.41, 5.74) is 1.30. The maximum atomic E-state index is 11.4. The van der Waals surface area contributed by atoms with Crippen LogP contribution in [0.4, 0.5) is 0 Å². The molecule has 0 aromatic carbocycles. The Kier molecular flexibility index (Phi) is 6.91. The molecule has 1 unspecified atom stereocenters. The highest BCUT2D eigenvalue weighted by molar-refractivity contribution is 7.90. The molecule has 0 amide bonds. The minimum atomic E-state index is -3.03. The molecule has 3 atom stereocenters. The highest BCUT2D eigenvalue weighted by Crippen LogP contribution is 2.54. The molecule has 0 bridgehead atoms. The first-order chi connectivity index (χ1) is 15.1. The second kappa shape index (κ2) is 9.23. The molecule has 4 heterocycles. The predicted octanol–water partition coefficient (Wildman–Crippen LogP) is 3.42. The number of ether oxygens (including phenoxy) is 2. The van der Waals surface area contributed by atoms with Gasteiger partial charge >= 0.3 is 0 Å². The Morgan fingerprint density at radius 2 is 2.22 bits per heavy atom. The second-order valence-electron chi connectivity index (χ2n) is 8.47. The predicted molar refractivity (Wildman–Crippen MR) is 123 cm³/mol. The van der Waals surface area contributed by atoms with Crippen molar-refractivity contribution in [3.05, 3.63) is 37.8 Å². The van der Waals surface area contributed by atoms with Gasteiger partial charge in [-0.3, -0.25) is 14.4 Å². The van der Waals surface area contributed by atoms with Crippen LogP contribution in [0.15, 0.2) is 12.4 Å². The number of carbonyl (C=O) groups is 1. The molecule has 176 valence electrons. The molecule has 0 N–H and O–H groups in total. The molecule has 1 spiro atoms. The molecule has 2 aliphatic heterocycles. The first-order valence-electron chi connectivity index (χ1n) is 10.3. The van der Waals surface area contributed by atoms with Crippen LogP contribution in [0.5, 0.6) is 0 Å². The van der Waals surface area contributed by atoms with Crippen LogP contribution in [-0.2, 0) is 42.8 Å². The van der Waals surface area contributed by atoms with Gasteiger partial charge in [-0.25, -0.2) is 8.42 Å². The zero-order valence-corrected chi connectivity index (χ0v) is 20.9. The van der Waals surface area contributed by atoms with E-state index in [2.05, 4.69) is 16.9 Å². The number of hydrogen-bond donors (Lipinski definition) is 0. The fourth-order valence-electron chi connectivity index (χ4n) is 4.51. The van der Waals surface area contributed by atoms with E-state index >= 15 is 0 Å². The molecule has 2 aliphatic rings. The molecule has 0 radical (unpaired) electrons.